The molecule has 0 amide bonds. The van der Waals surface area contributed by atoms with Gasteiger partial charge in [0, 0.05) is 15.6 Å². The molecule has 140 valence electrons. The number of phenols is 1. The zero-order valence-corrected chi connectivity index (χ0v) is 16.9. The van der Waals surface area contributed by atoms with Crippen molar-refractivity contribution in [3.63, 3.8) is 0 Å². The molecular weight excluding hydrogens is 399 g/mol. The summed E-state index contributed by atoms with van der Waals surface area (Å²) in [6.45, 7) is 0. The summed E-state index contributed by atoms with van der Waals surface area (Å²) in [6.07, 6.45) is 4.21. The summed E-state index contributed by atoms with van der Waals surface area (Å²) in [7, 11) is 0. The maximum absolute atomic E-state index is 10.8. The molecule has 0 unspecified atom stereocenters. The Morgan fingerprint density at radius 3 is 2.41 bits per heavy atom. The molecule has 0 fully saturated rings. The van der Waals surface area contributed by atoms with Gasteiger partial charge in [0.2, 0.25) is 0 Å². The minimum atomic E-state index is 0.264. The Kier molecular flexibility index (Phi) is 4.43. The van der Waals surface area contributed by atoms with E-state index in [1.165, 1.54) is 0 Å². The number of phenolic OH excluding ortho intramolecular Hbond substituents is 1. The summed E-state index contributed by atoms with van der Waals surface area (Å²) in [5.41, 5.74) is 5.96. The lowest BCUT2D eigenvalue weighted by Crippen LogP contribution is -1.90. The molecule has 4 aromatic rings. The molecule has 1 N–H and O–H groups in total. The highest BCUT2D eigenvalue weighted by atomic mass is 35.5. The van der Waals surface area contributed by atoms with Crippen LogP contribution in [-0.2, 0) is 0 Å². The summed E-state index contributed by atoms with van der Waals surface area (Å²) >= 11 is 12.5. The van der Waals surface area contributed by atoms with Crippen LogP contribution in [0.5, 0.6) is 5.75 Å². The van der Waals surface area contributed by atoms with Crippen molar-refractivity contribution in [3.05, 3.63) is 117 Å². The average Bonchev–Trinajstić information content (AvgIpc) is 3.05. The molecule has 0 aliphatic heterocycles. The second kappa shape index (κ2) is 7.11. The van der Waals surface area contributed by atoms with E-state index in [1.54, 1.807) is 6.07 Å². The molecule has 0 spiro atoms. The van der Waals surface area contributed by atoms with Crippen molar-refractivity contribution in [2.45, 2.75) is 0 Å². The monoisotopic (exact) mass is 414 g/mol. The smallest absolute Gasteiger partial charge is 0.124 e. The fourth-order valence-corrected chi connectivity index (χ4v) is 4.32. The minimum absolute atomic E-state index is 0.264. The van der Waals surface area contributed by atoms with Crippen molar-refractivity contribution >= 4 is 51.2 Å². The number of rotatable bonds is 2. The van der Waals surface area contributed by atoms with Crippen LogP contribution in [0.2, 0.25) is 10.0 Å². The molecule has 4 aromatic carbocycles. The average molecular weight is 415 g/mol. The number of halogens is 2. The Hall–Kier alpha value is -3.00. The van der Waals surface area contributed by atoms with Crippen LogP contribution in [0, 0.1) is 0 Å². The van der Waals surface area contributed by atoms with Crippen molar-refractivity contribution in [1.29, 1.82) is 0 Å². The van der Waals surface area contributed by atoms with Gasteiger partial charge in [-0.1, -0.05) is 71.7 Å². The van der Waals surface area contributed by atoms with E-state index in [4.69, 9.17) is 23.2 Å². The maximum atomic E-state index is 10.8. The minimum Gasteiger partial charge on any atom is -0.507 e. The summed E-state index contributed by atoms with van der Waals surface area (Å²) < 4.78 is 0. The molecule has 0 aromatic heterocycles. The number of benzene rings is 4. The highest BCUT2D eigenvalue weighted by Crippen LogP contribution is 2.45. The van der Waals surface area contributed by atoms with Crippen molar-refractivity contribution < 1.29 is 5.11 Å². The molecule has 29 heavy (non-hydrogen) atoms. The zero-order valence-electron chi connectivity index (χ0n) is 15.4. The first-order valence-corrected chi connectivity index (χ1v) is 10.1. The lowest BCUT2D eigenvalue weighted by molar-refractivity contribution is 0.474. The van der Waals surface area contributed by atoms with Crippen LogP contribution in [0.25, 0.3) is 28.0 Å². The van der Waals surface area contributed by atoms with Gasteiger partial charge in [-0.3, -0.25) is 0 Å². The molecule has 1 nitrogen and oxygen atoms in total. The van der Waals surface area contributed by atoms with Gasteiger partial charge in [-0.2, -0.15) is 0 Å². The van der Waals surface area contributed by atoms with Gasteiger partial charge in [-0.15, -0.1) is 0 Å². The van der Waals surface area contributed by atoms with Crippen LogP contribution in [0.3, 0.4) is 0 Å². The largest absolute Gasteiger partial charge is 0.507 e. The molecule has 0 bridgehead atoms. The van der Waals surface area contributed by atoms with Gasteiger partial charge >= 0.3 is 0 Å². The normalized spacial score (nSPS) is 14.3. The highest BCUT2D eigenvalue weighted by molar-refractivity contribution is 6.31. The summed E-state index contributed by atoms with van der Waals surface area (Å²) in [4.78, 5) is 0. The second-order valence-electron chi connectivity index (χ2n) is 7.08. The van der Waals surface area contributed by atoms with Gasteiger partial charge in [-0.25, -0.2) is 0 Å². The van der Waals surface area contributed by atoms with Crippen LogP contribution in [0.15, 0.2) is 84.9 Å². The summed E-state index contributed by atoms with van der Waals surface area (Å²) in [5, 5.41) is 14.2. The topological polar surface area (TPSA) is 20.2 Å². The lowest BCUT2D eigenvalue weighted by atomic mass is 9.93. The van der Waals surface area contributed by atoms with Crippen LogP contribution in [0.1, 0.15) is 22.3 Å². The highest BCUT2D eigenvalue weighted by Gasteiger charge is 2.23. The van der Waals surface area contributed by atoms with Crippen LogP contribution in [-0.4, -0.2) is 5.11 Å². The summed E-state index contributed by atoms with van der Waals surface area (Å²) in [6, 6.07) is 25.4. The Morgan fingerprint density at radius 2 is 1.55 bits per heavy atom. The third-order valence-corrected chi connectivity index (χ3v) is 5.70. The molecule has 3 heteroatoms. The molecular formula is C26H16Cl2O. The van der Waals surface area contributed by atoms with Gasteiger partial charge in [0.1, 0.15) is 5.75 Å². The van der Waals surface area contributed by atoms with Crippen LogP contribution < -0.4 is 0 Å². The second-order valence-corrected chi connectivity index (χ2v) is 7.96. The number of hydrogen-bond acceptors (Lipinski definition) is 1. The molecule has 0 radical (unpaired) electrons. The molecule has 0 saturated heterocycles. The number of hydrogen-bond donors (Lipinski definition) is 1. The SMILES string of the molecule is Oc1ccc2ccccc2c1C1=C/C(=C\c2cccc(Cl)c2)c2cc(Cl)ccc21. The quantitative estimate of drug-likeness (QED) is 0.354. The van der Waals surface area contributed by atoms with Gasteiger partial charge in [0.15, 0.2) is 0 Å². The summed E-state index contributed by atoms with van der Waals surface area (Å²) in [5.74, 6) is 0.264. The van der Waals surface area contributed by atoms with Gasteiger partial charge in [0.25, 0.3) is 0 Å². The first-order valence-electron chi connectivity index (χ1n) is 9.30. The van der Waals surface area contributed by atoms with Crippen molar-refractivity contribution in [2.75, 3.05) is 0 Å². The predicted octanol–water partition coefficient (Wildman–Crippen LogP) is 7.84. The number of aromatic hydroxyl groups is 1. The predicted molar refractivity (Wildman–Crippen MR) is 123 cm³/mol. The third-order valence-electron chi connectivity index (χ3n) is 5.23. The van der Waals surface area contributed by atoms with Gasteiger partial charge in [-0.05, 0) is 81.1 Å². The maximum Gasteiger partial charge on any atom is 0.124 e. The number of fused-ring (bicyclic) bond motifs is 2. The van der Waals surface area contributed by atoms with Gasteiger partial charge in [0.05, 0.1) is 0 Å². The fourth-order valence-electron chi connectivity index (χ4n) is 3.95. The third kappa shape index (κ3) is 3.23. The fraction of sp³-hybridized carbons (Fsp3) is 0. The van der Waals surface area contributed by atoms with E-state index >= 15 is 0 Å². The lowest BCUT2D eigenvalue weighted by Gasteiger charge is -2.12. The Balaban J connectivity index is 1.78. The van der Waals surface area contributed by atoms with Crippen molar-refractivity contribution in [3.8, 4) is 5.75 Å². The first kappa shape index (κ1) is 18.1. The van der Waals surface area contributed by atoms with Crippen molar-refractivity contribution in [2.24, 2.45) is 0 Å². The molecule has 1 aliphatic rings. The van der Waals surface area contributed by atoms with Crippen LogP contribution >= 0.6 is 23.2 Å². The standard InChI is InChI=1S/C26H16Cl2O/c27-19-6-3-4-16(13-19)12-18-14-24(22-10-9-20(28)15-23(18)22)26-21-7-2-1-5-17(21)8-11-25(26)29/h1-15,29H/b18-12+. The Bertz CT molecular complexity index is 1330. The van der Waals surface area contributed by atoms with Gasteiger partial charge < -0.3 is 5.11 Å². The molecule has 0 saturated carbocycles. The van der Waals surface area contributed by atoms with E-state index in [0.717, 1.165) is 44.2 Å². The van der Waals surface area contributed by atoms with Crippen LogP contribution in [0.4, 0.5) is 0 Å². The Morgan fingerprint density at radius 1 is 0.724 bits per heavy atom. The van der Waals surface area contributed by atoms with E-state index < -0.39 is 0 Å². The Labute approximate surface area is 179 Å². The van der Waals surface area contributed by atoms with Crippen molar-refractivity contribution in [1.82, 2.24) is 0 Å². The first-order chi connectivity index (χ1) is 14.1. The molecule has 5 rings (SSSR count). The molecule has 1 aliphatic carbocycles. The molecule has 0 atom stereocenters. The molecule has 0 heterocycles. The van der Waals surface area contributed by atoms with E-state index in [0.29, 0.717) is 10.0 Å². The van der Waals surface area contributed by atoms with E-state index in [-0.39, 0.29) is 5.75 Å². The van der Waals surface area contributed by atoms with E-state index in [2.05, 4.69) is 18.2 Å². The van der Waals surface area contributed by atoms with E-state index in [1.807, 2.05) is 66.7 Å². The number of allylic oxidation sites excluding steroid dienone is 2. The van der Waals surface area contributed by atoms with E-state index in [9.17, 15) is 5.11 Å². The zero-order chi connectivity index (χ0) is 20.0.